The lowest BCUT2D eigenvalue weighted by molar-refractivity contribution is -0.0536. The van der Waals surface area contributed by atoms with Crippen molar-refractivity contribution in [3.05, 3.63) is 107 Å². The zero-order valence-corrected chi connectivity index (χ0v) is 30.9. The molecule has 0 atom stereocenters. The molecule has 0 spiro atoms. The van der Waals surface area contributed by atoms with E-state index in [1.165, 1.54) is 0 Å². The zero-order valence-electron chi connectivity index (χ0n) is 30.1. The number of hydrogen-bond donors (Lipinski definition) is 1. The van der Waals surface area contributed by atoms with Crippen LogP contribution in [0, 0.1) is 17.8 Å². The second kappa shape index (κ2) is 17.9. The molecule has 2 aromatic carbocycles. The van der Waals surface area contributed by atoms with Gasteiger partial charge in [0.15, 0.2) is 5.78 Å². The molecule has 2 aromatic rings. The minimum Gasteiger partial charge on any atom is -0.491 e. The van der Waals surface area contributed by atoms with Gasteiger partial charge in [-0.2, -0.15) is 8.42 Å². The Hall–Kier alpha value is -3.86. The number of carbonyl (C=O) groups excluding carboxylic acids is 1. The fourth-order valence-corrected chi connectivity index (χ4v) is 4.81. The van der Waals surface area contributed by atoms with Gasteiger partial charge in [0.1, 0.15) is 22.9 Å². The summed E-state index contributed by atoms with van der Waals surface area (Å²) < 4.78 is 45.3. The highest BCUT2D eigenvalue weighted by atomic mass is 32.2. The number of ketones is 1. The molecule has 0 aliphatic carbocycles. The lowest BCUT2D eigenvalue weighted by atomic mass is 9.76. The molecule has 0 bridgehead atoms. The second-order valence-corrected chi connectivity index (χ2v) is 14.5. The first-order chi connectivity index (χ1) is 21.8. The molecule has 0 saturated heterocycles. The molecule has 0 aromatic heterocycles. The minimum atomic E-state index is -4.19. The van der Waals surface area contributed by atoms with Gasteiger partial charge in [-0.25, -0.2) is 0 Å². The molecule has 0 saturated carbocycles. The van der Waals surface area contributed by atoms with Crippen LogP contribution in [0.5, 0.6) is 11.5 Å². The summed E-state index contributed by atoms with van der Waals surface area (Å²) in [7, 11) is -4.19. The summed E-state index contributed by atoms with van der Waals surface area (Å²) in [5, 5.41) is 0. The smallest absolute Gasteiger partial charge is 0.265 e. The van der Waals surface area contributed by atoms with E-state index in [0.717, 1.165) is 11.1 Å². The minimum absolute atomic E-state index is 0.0580. The van der Waals surface area contributed by atoms with Crippen molar-refractivity contribution in [2.24, 2.45) is 5.41 Å². The van der Waals surface area contributed by atoms with Crippen molar-refractivity contribution in [1.82, 2.24) is 0 Å². The predicted octanol–water partition coefficient (Wildman–Crippen LogP) is 10.4. The van der Waals surface area contributed by atoms with Crippen molar-refractivity contribution >= 4 is 15.9 Å². The maximum atomic E-state index is 12.7. The molecular weight excluding hydrogens is 609 g/mol. The van der Waals surface area contributed by atoms with Crippen molar-refractivity contribution in [1.29, 1.82) is 0 Å². The van der Waals surface area contributed by atoms with Gasteiger partial charge in [0.05, 0.1) is 12.2 Å². The van der Waals surface area contributed by atoms with Gasteiger partial charge < -0.3 is 9.47 Å². The highest BCUT2D eigenvalue weighted by molar-refractivity contribution is 7.85. The summed E-state index contributed by atoms with van der Waals surface area (Å²) in [4.78, 5) is 12.7. The van der Waals surface area contributed by atoms with Gasteiger partial charge in [0, 0.05) is 22.0 Å². The maximum absolute atomic E-state index is 12.7. The Balaban J connectivity index is 0.00000541. The van der Waals surface area contributed by atoms with Crippen molar-refractivity contribution in [2.75, 3.05) is 5.75 Å². The third-order valence-corrected chi connectivity index (χ3v) is 8.94. The summed E-state index contributed by atoms with van der Waals surface area (Å²) in [5.41, 5.74) is 1.60. The number of ether oxygens (including phenoxy) is 2. The highest BCUT2D eigenvalue weighted by Gasteiger charge is 2.35. The topological polar surface area (TPSA) is 89.9 Å². The molecular formula is C40H54O6S. The summed E-state index contributed by atoms with van der Waals surface area (Å²) in [5.74, 6) is 3.96. The van der Waals surface area contributed by atoms with E-state index in [9.17, 15) is 17.8 Å². The molecule has 2 rings (SSSR count). The van der Waals surface area contributed by atoms with E-state index < -0.39 is 26.9 Å². The number of Topliss-reactive ketones (excluding diaryl/α,β-unsaturated/α-hetero) is 1. The number of benzene rings is 2. The Bertz CT molecular complexity index is 1590. The quantitative estimate of drug-likeness (QED) is 0.0541. The Morgan fingerprint density at radius 2 is 1.43 bits per heavy atom. The second-order valence-electron chi connectivity index (χ2n) is 13.0. The highest BCUT2D eigenvalue weighted by Crippen LogP contribution is 2.37. The van der Waals surface area contributed by atoms with Crippen molar-refractivity contribution in [3.63, 3.8) is 0 Å². The van der Waals surface area contributed by atoms with Crippen LogP contribution >= 0.6 is 0 Å². The summed E-state index contributed by atoms with van der Waals surface area (Å²) >= 11 is 0. The third-order valence-electron chi connectivity index (χ3n) is 8.22. The van der Waals surface area contributed by atoms with Gasteiger partial charge in [-0.3, -0.25) is 9.35 Å². The molecule has 47 heavy (non-hydrogen) atoms. The Morgan fingerprint density at radius 1 is 0.894 bits per heavy atom. The van der Waals surface area contributed by atoms with Crippen LogP contribution in [0.1, 0.15) is 105 Å². The van der Waals surface area contributed by atoms with Crippen LogP contribution in [-0.2, 0) is 20.3 Å². The van der Waals surface area contributed by atoms with Crippen LogP contribution in [0.15, 0.2) is 95.8 Å². The van der Waals surface area contributed by atoms with E-state index in [4.69, 9.17) is 15.9 Å². The molecule has 0 aliphatic heterocycles. The van der Waals surface area contributed by atoms with E-state index in [1.54, 1.807) is 42.5 Å². The van der Waals surface area contributed by atoms with Gasteiger partial charge in [0.25, 0.3) is 10.1 Å². The van der Waals surface area contributed by atoms with Crippen LogP contribution in [0.25, 0.3) is 0 Å². The number of hydrogen-bond acceptors (Lipinski definition) is 5. The van der Waals surface area contributed by atoms with E-state index in [2.05, 4.69) is 26.7 Å². The molecule has 1 N–H and O–H groups in total. The van der Waals surface area contributed by atoms with Gasteiger partial charge in [-0.1, -0.05) is 96.4 Å². The number of rotatable bonds is 14. The Kier molecular flexibility index (Phi) is 15.7. The lowest BCUT2D eigenvalue weighted by Crippen LogP contribution is -2.39. The van der Waals surface area contributed by atoms with Crippen molar-refractivity contribution < 1.29 is 27.2 Å². The first-order valence-corrected chi connectivity index (χ1v) is 17.7. The van der Waals surface area contributed by atoms with E-state index in [1.807, 2.05) is 91.8 Å². The standard InChI is InChI=1S/C38H48O6S.C2H6/c1-11-14-28(13-3)35(39)29-16-21-32(22-17-29)43-33-23-18-30(19-24-33)37(7,8)31(26-27-45(40,41)42)20-25-34(15-12-2)44-38(9,10)36(4,5)6;1-2/h2,11,13-14,16-25H,15,26-27H2,1,3-10H3,(H,40,41,42);1-2H3/b14-11-,28-13+,31-20+,34-25+;. The normalized spacial score (nSPS) is 13.5. The largest absolute Gasteiger partial charge is 0.491 e. The third kappa shape index (κ3) is 12.7. The molecule has 0 unspecified atom stereocenters. The van der Waals surface area contributed by atoms with Crippen LogP contribution in [0.4, 0.5) is 0 Å². The molecule has 0 amide bonds. The van der Waals surface area contributed by atoms with Gasteiger partial charge in [0.2, 0.25) is 0 Å². The number of carbonyl (C=O) groups is 1. The lowest BCUT2D eigenvalue weighted by Gasteiger charge is -2.39. The zero-order chi connectivity index (χ0) is 36.1. The van der Waals surface area contributed by atoms with Gasteiger partial charge in [-0.05, 0) is 82.2 Å². The predicted molar refractivity (Wildman–Crippen MR) is 196 cm³/mol. The monoisotopic (exact) mass is 662 g/mol. The number of allylic oxidation sites excluding steroid dienone is 8. The Morgan fingerprint density at radius 3 is 1.87 bits per heavy atom. The summed E-state index contributed by atoms with van der Waals surface area (Å²) in [6.45, 7) is 22.0. The average Bonchev–Trinajstić information content (AvgIpc) is 3.00. The molecule has 0 radical (unpaired) electrons. The van der Waals surface area contributed by atoms with Crippen molar-refractivity contribution in [3.8, 4) is 23.8 Å². The first-order valence-electron chi connectivity index (χ1n) is 16.0. The van der Waals surface area contributed by atoms with Crippen LogP contribution in [0.3, 0.4) is 0 Å². The summed E-state index contributed by atoms with van der Waals surface area (Å²) in [6.07, 6.45) is 15.1. The van der Waals surface area contributed by atoms with Crippen molar-refractivity contribution in [2.45, 2.75) is 100 Å². The SMILES string of the molecule is C#CC/C(=C\C=C(/CCS(=O)(=O)O)C(C)(C)c1ccc(Oc2ccc(C(=O)C(/C=C\C)=C/C)cc2)cc1)OC(C)(C)C(C)(C)C.CC. The molecule has 256 valence electrons. The van der Waals surface area contributed by atoms with E-state index in [0.29, 0.717) is 28.4 Å². The maximum Gasteiger partial charge on any atom is 0.265 e. The van der Waals surface area contributed by atoms with E-state index in [-0.39, 0.29) is 24.0 Å². The fraction of sp³-hybridized carbons (Fsp3) is 0.425. The van der Waals surface area contributed by atoms with Crippen LogP contribution in [0.2, 0.25) is 0 Å². The van der Waals surface area contributed by atoms with Gasteiger partial charge in [-0.15, -0.1) is 6.42 Å². The van der Waals surface area contributed by atoms with Gasteiger partial charge >= 0.3 is 0 Å². The molecule has 6 nitrogen and oxygen atoms in total. The van der Waals surface area contributed by atoms with E-state index >= 15 is 0 Å². The molecule has 7 heteroatoms. The fourth-order valence-electron chi connectivity index (χ4n) is 4.33. The first kappa shape index (κ1) is 41.2. The average molecular weight is 663 g/mol. The Labute approximate surface area is 284 Å². The van der Waals surface area contributed by atoms with Crippen LogP contribution < -0.4 is 4.74 Å². The van der Waals surface area contributed by atoms with Crippen LogP contribution in [-0.4, -0.2) is 30.1 Å². The number of terminal acetylenes is 1. The molecule has 0 aliphatic rings. The molecule has 0 heterocycles. The summed E-state index contributed by atoms with van der Waals surface area (Å²) in [6, 6.07) is 14.5. The molecule has 0 fully saturated rings.